The molecule has 6 heteroatoms. The van der Waals surface area contributed by atoms with E-state index in [1.54, 1.807) is 13.4 Å². The summed E-state index contributed by atoms with van der Waals surface area (Å²) in [5, 5.41) is 8.26. The first-order valence-electron chi connectivity index (χ1n) is 10.00. The molecule has 27 heavy (non-hydrogen) atoms. The first-order valence-corrected chi connectivity index (χ1v) is 10.00. The fourth-order valence-corrected chi connectivity index (χ4v) is 4.37. The van der Waals surface area contributed by atoms with Gasteiger partial charge in [0.25, 0.3) is 0 Å². The summed E-state index contributed by atoms with van der Waals surface area (Å²) in [6, 6.07) is 8.34. The van der Waals surface area contributed by atoms with Crippen molar-refractivity contribution >= 4 is 5.91 Å². The number of carbonyl (C=O) groups excluding carboxylic acids is 1. The van der Waals surface area contributed by atoms with Crippen molar-refractivity contribution in [3.63, 3.8) is 0 Å². The first kappa shape index (κ1) is 18.0. The monoisotopic (exact) mass is 368 g/mol. The Morgan fingerprint density at radius 2 is 2.07 bits per heavy atom. The molecule has 144 valence electrons. The fraction of sp³-hybridized carbons (Fsp3) is 0.571. The van der Waals surface area contributed by atoms with E-state index >= 15 is 0 Å². The highest BCUT2D eigenvalue weighted by Gasteiger charge is 2.54. The second kappa shape index (κ2) is 7.33. The van der Waals surface area contributed by atoms with Crippen LogP contribution in [0.4, 0.5) is 0 Å². The standard InChI is InChI=1S/C21H28N4O2/c1-3-24-15-22-23-19(24)11-8-17-5-4-14-25(17)20(26)21(12-13-21)16-6-9-18(27-2)10-7-16/h6-7,9-10,15,17H,3-5,8,11-14H2,1-2H3. The number of methoxy groups -OCH3 is 1. The van der Waals surface area contributed by atoms with Gasteiger partial charge in [-0.15, -0.1) is 10.2 Å². The molecule has 1 atom stereocenters. The molecule has 2 fully saturated rings. The SMILES string of the molecule is CCn1cnnc1CCC1CCCN1C(=O)C1(c2ccc(OC)cc2)CC1. The third-order valence-corrected chi connectivity index (χ3v) is 6.18. The average Bonchev–Trinajstić information content (AvgIpc) is 3.17. The minimum absolute atomic E-state index is 0.307. The fourth-order valence-electron chi connectivity index (χ4n) is 4.37. The maximum atomic E-state index is 13.4. The number of rotatable bonds is 7. The number of aromatic nitrogens is 3. The number of hydrogen-bond donors (Lipinski definition) is 0. The Hall–Kier alpha value is -2.37. The number of amides is 1. The van der Waals surface area contributed by atoms with Crippen LogP contribution in [0.1, 0.15) is 50.4 Å². The van der Waals surface area contributed by atoms with E-state index in [2.05, 4.69) is 38.7 Å². The van der Waals surface area contributed by atoms with Gasteiger partial charge in [0.1, 0.15) is 17.9 Å². The molecule has 1 saturated heterocycles. The van der Waals surface area contributed by atoms with Crippen molar-refractivity contribution in [2.75, 3.05) is 13.7 Å². The zero-order valence-corrected chi connectivity index (χ0v) is 16.2. The van der Waals surface area contributed by atoms with Crippen LogP contribution in [0.25, 0.3) is 0 Å². The molecule has 6 nitrogen and oxygen atoms in total. The molecule has 1 amide bonds. The highest BCUT2D eigenvalue weighted by Crippen LogP contribution is 2.50. The Balaban J connectivity index is 1.45. The molecular formula is C21H28N4O2. The van der Waals surface area contributed by atoms with Gasteiger partial charge in [-0.1, -0.05) is 12.1 Å². The van der Waals surface area contributed by atoms with E-state index in [0.29, 0.717) is 11.9 Å². The lowest BCUT2D eigenvalue weighted by Crippen LogP contribution is -2.42. The van der Waals surface area contributed by atoms with Gasteiger partial charge in [0.05, 0.1) is 12.5 Å². The lowest BCUT2D eigenvalue weighted by atomic mass is 9.93. The van der Waals surface area contributed by atoms with Crippen LogP contribution in [0.15, 0.2) is 30.6 Å². The Labute approximate surface area is 160 Å². The van der Waals surface area contributed by atoms with Gasteiger partial charge in [-0.25, -0.2) is 0 Å². The maximum absolute atomic E-state index is 13.4. The number of aryl methyl sites for hydroxylation is 2. The minimum atomic E-state index is -0.307. The van der Waals surface area contributed by atoms with Crippen molar-refractivity contribution in [1.82, 2.24) is 19.7 Å². The molecule has 1 aromatic heterocycles. The molecule has 2 heterocycles. The lowest BCUT2D eigenvalue weighted by molar-refractivity contribution is -0.134. The molecule has 0 bridgehead atoms. The molecular weight excluding hydrogens is 340 g/mol. The van der Waals surface area contributed by atoms with Gasteiger partial charge in [-0.05, 0) is 56.7 Å². The van der Waals surface area contributed by atoms with Crippen LogP contribution in [0, 0.1) is 0 Å². The summed E-state index contributed by atoms with van der Waals surface area (Å²) in [5.74, 6) is 2.17. The first-order chi connectivity index (χ1) is 13.2. The molecule has 0 radical (unpaired) electrons. The topological polar surface area (TPSA) is 60.2 Å². The van der Waals surface area contributed by atoms with Gasteiger partial charge in [0.15, 0.2) is 0 Å². The summed E-state index contributed by atoms with van der Waals surface area (Å²) < 4.78 is 7.34. The molecule has 0 N–H and O–H groups in total. The number of ether oxygens (including phenoxy) is 1. The number of benzene rings is 1. The predicted molar refractivity (Wildman–Crippen MR) is 103 cm³/mol. The molecule has 2 aromatic rings. The van der Waals surface area contributed by atoms with Crippen molar-refractivity contribution in [3.8, 4) is 5.75 Å². The number of likely N-dealkylation sites (tertiary alicyclic amines) is 1. The Kier molecular flexibility index (Phi) is 4.89. The van der Waals surface area contributed by atoms with Crippen molar-refractivity contribution in [3.05, 3.63) is 42.0 Å². The van der Waals surface area contributed by atoms with Crippen LogP contribution in [-0.4, -0.2) is 45.3 Å². The summed E-state index contributed by atoms with van der Waals surface area (Å²) in [5.41, 5.74) is 0.822. The molecule has 1 aliphatic carbocycles. The zero-order chi connectivity index (χ0) is 18.9. The highest BCUT2D eigenvalue weighted by molar-refractivity contribution is 5.91. The molecule has 1 aliphatic heterocycles. The zero-order valence-electron chi connectivity index (χ0n) is 16.2. The van der Waals surface area contributed by atoms with Crippen molar-refractivity contribution in [2.24, 2.45) is 0 Å². The van der Waals surface area contributed by atoms with Crippen LogP contribution in [-0.2, 0) is 23.2 Å². The van der Waals surface area contributed by atoms with Crippen LogP contribution in [0.2, 0.25) is 0 Å². The third kappa shape index (κ3) is 3.33. The van der Waals surface area contributed by atoms with Gasteiger partial charge in [-0.3, -0.25) is 4.79 Å². The molecule has 4 rings (SSSR count). The van der Waals surface area contributed by atoms with E-state index in [-0.39, 0.29) is 5.41 Å². The summed E-state index contributed by atoms with van der Waals surface area (Å²) in [4.78, 5) is 15.6. The van der Waals surface area contributed by atoms with Gasteiger partial charge in [0, 0.05) is 25.6 Å². The molecule has 1 saturated carbocycles. The Morgan fingerprint density at radius 3 is 2.74 bits per heavy atom. The molecule has 1 aromatic carbocycles. The maximum Gasteiger partial charge on any atom is 0.233 e. The van der Waals surface area contributed by atoms with E-state index in [0.717, 1.165) is 68.8 Å². The minimum Gasteiger partial charge on any atom is -0.497 e. The quantitative estimate of drug-likeness (QED) is 0.754. The van der Waals surface area contributed by atoms with Gasteiger partial charge in [-0.2, -0.15) is 0 Å². The average molecular weight is 368 g/mol. The lowest BCUT2D eigenvalue weighted by Gasteiger charge is -2.29. The summed E-state index contributed by atoms with van der Waals surface area (Å²) in [6.45, 7) is 3.86. The van der Waals surface area contributed by atoms with E-state index in [1.807, 2.05) is 12.1 Å². The van der Waals surface area contributed by atoms with Crippen LogP contribution >= 0.6 is 0 Å². The largest absolute Gasteiger partial charge is 0.497 e. The van der Waals surface area contributed by atoms with Crippen LogP contribution in [0.3, 0.4) is 0 Å². The van der Waals surface area contributed by atoms with Crippen molar-refractivity contribution in [2.45, 2.75) is 63.5 Å². The van der Waals surface area contributed by atoms with Gasteiger partial charge in [0.2, 0.25) is 5.91 Å². The van der Waals surface area contributed by atoms with Gasteiger partial charge < -0.3 is 14.2 Å². The summed E-state index contributed by atoms with van der Waals surface area (Å²) in [6.07, 6.45) is 7.70. The number of nitrogens with zero attached hydrogens (tertiary/aromatic N) is 4. The van der Waals surface area contributed by atoms with Crippen LogP contribution in [0.5, 0.6) is 5.75 Å². The van der Waals surface area contributed by atoms with Gasteiger partial charge >= 0.3 is 0 Å². The number of carbonyl (C=O) groups is 1. The van der Waals surface area contributed by atoms with E-state index in [4.69, 9.17) is 4.74 Å². The van der Waals surface area contributed by atoms with E-state index in [9.17, 15) is 4.79 Å². The Bertz CT molecular complexity index is 795. The van der Waals surface area contributed by atoms with Crippen molar-refractivity contribution < 1.29 is 9.53 Å². The van der Waals surface area contributed by atoms with Crippen molar-refractivity contribution in [1.29, 1.82) is 0 Å². The van der Waals surface area contributed by atoms with E-state index < -0.39 is 0 Å². The smallest absolute Gasteiger partial charge is 0.233 e. The summed E-state index contributed by atoms with van der Waals surface area (Å²) >= 11 is 0. The molecule has 1 unspecified atom stereocenters. The predicted octanol–water partition coefficient (Wildman–Crippen LogP) is 2.96. The van der Waals surface area contributed by atoms with Crippen LogP contribution < -0.4 is 4.74 Å². The second-order valence-electron chi connectivity index (χ2n) is 7.68. The summed E-state index contributed by atoms with van der Waals surface area (Å²) in [7, 11) is 1.67. The molecule has 0 spiro atoms. The second-order valence-corrected chi connectivity index (χ2v) is 7.68. The van der Waals surface area contributed by atoms with E-state index in [1.165, 1.54) is 0 Å². The Morgan fingerprint density at radius 1 is 1.30 bits per heavy atom. The number of hydrogen-bond acceptors (Lipinski definition) is 4. The third-order valence-electron chi connectivity index (χ3n) is 6.18. The normalized spacial score (nSPS) is 20.7. The highest BCUT2D eigenvalue weighted by atomic mass is 16.5. The molecule has 2 aliphatic rings.